The molecule has 1 atom stereocenters. The van der Waals surface area contributed by atoms with Crippen molar-refractivity contribution in [3.8, 4) is 5.75 Å². The Hall–Kier alpha value is -2.16. The van der Waals surface area contributed by atoms with Crippen LogP contribution in [0.4, 0.5) is 10.1 Å². The summed E-state index contributed by atoms with van der Waals surface area (Å²) in [5.41, 5.74) is 3.49. The quantitative estimate of drug-likeness (QED) is 0.704. The van der Waals surface area contributed by atoms with Crippen molar-refractivity contribution >= 4 is 15.7 Å². The predicted octanol–water partition coefficient (Wildman–Crippen LogP) is 3.25. The van der Waals surface area contributed by atoms with Gasteiger partial charge in [-0.05, 0) is 61.5 Å². The summed E-state index contributed by atoms with van der Waals surface area (Å²) >= 11 is 0. The number of sulfonamides is 1. The third kappa shape index (κ3) is 5.02. The van der Waals surface area contributed by atoms with Crippen LogP contribution in [0.1, 0.15) is 30.6 Å². The number of hydrogen-bond acceptors (Lipinski definition) is 5. The van der Waals surface area contributed by atoms with Gasteiger partial charge in [-0.25, -0.2) is 12.8 Å². The highest BCUT2D eigenvalue weighted by Crippen LogP contribution is 2.33. The number of rotatable bonds is 5. The fraction of sp³-hybridized carbons (Fsp3) is 0.478. The minimum absolute atomic E-state index is 0.0917. The molecular weight excluding hydrogens is 417 g/mol. The molecule has 0 bridgehead atoms. The first-order chi connectivity index (χ1) is 14.9. The average Bonchev–Trinajstić information content (AvgIpc) is 2.93. The summed E-state index contributed by atoms with van der Waals surface area (Å²) in [5, 5.41) is 0. The van der Waals surface area contributed by atoms with Gasteiger partial charge in [0.1, 0.15) is 17.7 Å². The molecule has 0 saturated carbocycles. The second kappa shape index (κ2) is 9.14. The maximum absolute atomic E-state index is 13.2. The molecule has 0 spiro atoms. The molecule has 31 heavy (non-hydrogen) atoms. The Kier molecular flexibility index (Phi) is 6.50. The van der Waals surface area contributed by atoms with Crippen molar-refractivity contribution in [1.29, 1.82) is 0 Å². The molecular formula is C23H30FN3O3S. The molecule has 1 saturated heterocycles. The Labute approximate surface area is 184 Å². The van der Waals surface area contributed by atoms with E-state index in [0.717, 1.165) is 30.8 Å². The summed E-state index contributed by atoms with van der Waals surface area (Å²) in [7, 11) is -1.03. The van der Waals surface area contributed by atoms with E-state index in [1.807, 2.05) is 0 Å². The van der Waals surface area contributed by atoms with Crippen molar-refractivity contribution in [3.05, 3.63) is 59.4 Å². The van der Waals surface area contributed by atoms with E-state index in [1.54, 1.807) is 23.4 Å². The van der Waals surface area contributed by atoms with Crippen molar-refractivity contribution < 1.29 is 17.5 Å². The predicted molar refractivity (Wildman–Crippen MR) is 120 cm³/mol. The number of ether oxygens (including phenoxy) is 1. The Morgan fingerprint density at radius 3 is 2.42 bits per heavy atom. The molecule has 168 valence electrons. The van der Waals surface area contributed by atoms with E-state index < -0.39 is 10.0 Å². The van der Waals surface area contributed by atoms with E-state index in [1.165, 1.54) is 17.7 Å². The van der Waals surface area contributed by atoms with E-state index in [9.17, 15) is 12.8 Å². The summed E-state index contributed by atoms with van der Waals surface area (Å²) in [6.07, 6.45) is 0.763. The molecule has 0 radical (unpaired) electrons. The van der Waals surface area contributed by atoms with Crippen LogP contribution in [0.5, 0.6) is 5.75 Å². The van der Waals surface area contributed by atoms with Crippen LogP contribution in [0.15, 0.2) is 42.5 Å². The molecule has 2 aliphatic rings. The molecule has 2 heterocycles. The fourth-order valence-corrected chi connectivity index (χ4v) is 5.39. The van der Waals surface area contributed by atoms with Crippen molar-refractivity contribution in [1.82, 2.24) is 9.21 Å². The minimum Gasteiger partial charge on any atom is -0.486 e. The van der Waals surface area contributed by atoms with E-state index in [-0.39, 0.29) is 17.7 Å². The van der Waals surface area contributed by atoms with Crippen LogP contribution in [0.3, 0.4) is 0 Å². The number of fused-ring (bicyclic) bond motifs is 1. The lowest BCUT2D eigenvalue weighted by molar-refractivity contribution is 0.182. The molecule has 2 aromatic carbocycles. The van der Waals surface area contributed by atoms with Crippen molar-refractivity contribution in [2.24, 2.45) is 0 Å². The Morgan fingerprint density at radius 2 is 1.74 bits per heavy atom. The number of piperazine rings is 1. The highest BCUT2D eigenvalue weighted by molar-refractivity contribution is 7.89. The molecule has 8 heteroatoms. The monoisotopic (exact) mass is 447 g/mol. The number of hydrogen-bond donors (Lipinski definition) is 0. The standard InChI is InChI=1S/C23H30FN3O3S/c1-3-31(28,29)27-14-12-26(13-15-27)20-6-9-22-18(16-20)17-25(2)11-10-23(22)30-21-7-4-19(24)5-8-21/h4-9,16,23H,3,10-15,17H2,1-2H3. The van der Waals surface area contributed by atoms with Crippen LogP contribution >= 0.6 is 0 Å². The summed E-state index contributed by atoms with van der Waals surface area (Å²) in [6, 6.07) is 12.6. The zero-order chi connectivity index (χ0) is 22.0. The Morgan fingerprint density at radius 1 is 1.03 bits per heavy atom. The summed E-state index contributed by atoms with van der Waals surface area (Å²) in [5.74, 6) is 0.539. The normalized spacial score (nSPS) is 20.9. The first-order valence-electron chi connectivity index (χ1n) is 10.8. The number of nitrogens with zero attached hydrogens (tertiary/aromatic N) is 3. The van der Waals surface area contributed by atoms with Gasteiger partial charge in [-0.1, -0.05) is 6.07 Å². The molecule has 0 N–H and O–H groups in total. The van der Waals surface area contributed by atoms with E-state index in [0.29, 0.717) is 31.9 Å². The van der Waals surface area contributed by atoms with Crippen LogP contribution in [-0.2, 0) is 16.6 Å². The SMILES string of the molecule is CCS(=O)(=O)N1CCN(c2ccc3c(c2)CN(C)CCC3Oc2ccc(F)cc2)CC1. The van der Waals surface area contributed by atoms with Crippen LogP contribution < -0.4 is 9.64 Å². The van der Waals surface area contributed by atoms with Crippen molar-refractivity contribution in [2.75, 3.05) is 50.4 Å². The molecule has 4 rings (SSSR count). The first-order valence-corrected chi connectivity index (χ1v) is 12.4. The van der Waals surface area contributed by atoms with Crippen molar-refractivity contribution in [2.45, 2.75) is 26.0 Å². The molecule has 0 aliphatic carbocycles. The average molecular weight is 448 g/mol. The van der Waals surface area contributed by atoms with Crippen LogP contribution in [0, 0.1) is 5.82 Å². The summed E-state index contributed by atoms with van der Waals surface area (Å²) in [4.78, 5) is 4.53. The largest absolute Gasteiger partial charge is 0.486 e. The lowest BCUT2D eigenvalue weighted by Gasteiger charge is -2.35. The fourth-order valence-electron chi connectivity index (χ4n) is 4.31. The molecule has 1 fully saturated rings. The topological polar surface area (TPSA) is 53.1 Å². The molecule has 0 amide bonds. The number of anilines is 1. The highest BCUT2D eigenvalue weighted by Gasteiger charge is 2.27. The van der Waals surface area contributed by atoms with E-state index in [2.05, 4.69) is 35.0 Å². The number of benzene rings is 2. The second-order valence-corrected chi connectivity index (χ2v) is 10.5. The van der Waals surface area contributed by atoms with Crippen LogP contribution in [-0.4, -0.2) is 63.1 Å². The molecule has 1 unspecified atom stereocenters. The first kappa shape index (κ1) is 22.0. The zero-order valence-corrected chi connectivity index (χ0v) is 18.9. The Bertz CT molecular complexity index is 1010. The maximum Gasteiger partial charge on any atom is 0.213 e. The summed E-state index contributed by atoms with van der Waals surface area (Å²) in [6.45, 7) is 5.83. The minimum atomic E-state index is -3.13. The van der Waals surface area contributed by atoms with Gasteiger partial charge in [-0.15, -0.1) is 0 Å². The molecule has 6 nitrogen and oxygen atoms in total. The van der Waals surface area contributed by atoms with Gasteiger partial charge in [-0.3, -0.25) is 0 Å². The maximum atomic E-state index is 13.2. The molecule has 2 aliphatic heterocycles. The summed E-state index contributed by atoms with van der Waals surface area (Å²) < 4.78 is 45.3. The number of halogens is 1. The third-order valence-electron chi connectivity index (χ3n) is 6.14. The van der Waals surface area contributed by atoms with Gasteiger partial charge in [0.15, 0.2) is 0 Å². The van der Waals surface area contributed by atoms with Gasteiger partial charge in [0.2, 0.25) is 10.0 Å². The molecule has 2 aromatic rings. The van der Waals surface area contributed by atoms with Crippen LogP contribution in [0.2, 0.25) is 0 Å². The van der Waals surface area contributed by atoms with Gasteiger partial charge < -0.3 is 14.5 Å². The van der Waals surface area contributed by atoms with Crippen molar-refractivity contribution in [3.63, 3.8) is 0 Å². The van der Waals surface area contributed by atoms with Gasteiger partial charge in [0.05, 0.1) is 5.75 Å². The Balaban J connectivity index is 1.53. The zero-order valence-electron chi connectivity index (χ0n) is 18.1. The van der Waals surface area contributed by atoms with E-state index in [4.69, 9.17) is 4.74 Å². The van der Waals surface area contributed by atoms with Gasteiger partial charge >= 0.3 is 0 Å². The molecule has 0 aromatic heterocycles. The van der Waals surface area contributed by atoms with Gasteiger partial charge in [0, 0.05) is 51.4 Å². The van der Waals surface area contributed by atoms with Crippen LogP contribution in [0.25, 0.3) is 0 Å². The smallest absolute Gasteiger partial charge is 0.213 e. The highest BCUT2D eigenvalue weighted by atomic mass is 32.2. The van der Waals surface area contributed by atoms with Gasteiger partial charge in [-0.2, -0.15) is 4.31 Å². The lowest BCUT2D eigenvalue weighted by Crippen LogP contribution is -2.49. The lowest BCUT2D eigenvalue weighted by atomic mass is 10.00. The van der Waals surface area contributed by atoms with E-state index >= 15 is 0 Å². The van der Waals surface area contributed by atoms with Gasteiger partial charge in [0.25, 0.3) is 0 Å². The third-order valence-corrected chi connectivity index (χ3v) is 8.02. The second-order valence-electron chi connectivity index (χ2n) is 8.26.